The molecular weight excluding hydrogens is 166 g/mol. The van der Waals surface area contributed by atoms with Crippen molar-refractivity contribution in [3.63, 3.8) is 0 Å². The van der Waals surface area contributed by atoms with Gasteiger partial charge in [-0.1, -0.05) is 0 Å². The predicted octanol–water partition coefficient (Wildman–Crippen LogP) is 0.943. The zero-order chi connectivity index (χ0) is 9.94. The van der Waals surface area contributed by atoms with Crippen LogP contribution in [0.5, 0.6) is 0 Å². The van der Waals surface area contributed by atoms with E-state index in [0.29, 0.717) is 13.0 Å². The summed E-state index contributed by atoms with van der Waals surface area (Å²) >= 11 is 0. The third-order valence-electron chi connectivity index (χ3n) is 1.66. The van der Waals surface area contributed by atoms with Gasteiger partial charge in [-0.15, -0.1) is 12.3 Å². The molecule has 0 aromatic rings. The Labute approximate surface area is 79.8 Å². The summed E-state index contributed by atoms with van der Waals surface area (Å²) in [5.74, 6) is 2.41. The molecule has 3 heteroatoms. The van der Waals surface area contributed by atoms with Crippen LogP contribution in [0.4, 0.5) is 0 Å². The van der Waals surface area contributed by atoms with Crippen molar-refractivity contribution in [3.8, 4) is 12.3 Å². The molecular formula is C10H17NO2. The maximum absolute atomic E-state index is 10.7. The molecule has 0 atom stereocenters. The van der Waals surface area contributed by atoms with Crippen molar-refractivity contribution in [2.24, 2.45) is 0 Å². The first kappa shape index (κ1) is 12.0. The molecule has 74 valence electrons. The predicted molar refractivity (Wildman–Crippen MR) is 52.2 cm³/mol. The number of ether oxygens (including phenoxy) is 1. The SMILES string of the molecule is C#CCCCCNCCC(=O)OC. The van der Waals surface area contributed by atoms with E-state index in [9.17, 15) is 4.79 Å². The van der Waals surface area contributed by atoms with Gasteiger partial charge in [0, 0.05) is 13.0 Å². The maximum atomic E-state index is 10.7. The lowest BCUT2D eigenvalue weighted by atomic mass is 10.2. The number of esters is 1. The van der Waals surface area contributed by atoms with Crippen LogP contribution in [0, 0.1) is 12.3 Å². The van der Waals surface area contributed by atoms with E-state index >= 15 is 0 Å². The average molecular weight is 183 g/mol. The molecule has 13 heavy (non-hydrogen) atoms. The number of nitrogens with one attached hydrogen (secondary N) is 1. The summed E-state index contributed by atoms with van der Waals surface area (Å²) in [6.45, 7) is 1.60. The minimum absolute atomic E-state index is 0.170. The second kappa shape index (κ2) is 9.08. The van der Waals surface area contributed by atoms with Crippen LogP contribution in [0.2, 0.25) is 0 Å². The fourth-order valence-corrected chi connectivity index (χ4v) is 0.895. The Bertz CT molecular complexity index is 172. The summed E-state index contributed by atoms with van der Waals surface area (Å²) in [7, 11) is 1.40. The van der Waals surface area contributed by atoms with E-state index in [-0.39, 0.29) is 5.97 Å². The molecule has 0 bridgehead atoms. The molecule has 0 aliphatic carbocycles. The number of rotatable bonds is 7. The smallest absolute Gasteiger partial charge is 0.306 e. The fraction of sp³-hybridized carbons (Fsp3) is 0.700. The first-order valence-corrected chi connectivity index (χ1v) is 4.52. The van der Waals surface area contributed by atoms with Crippen molar-refractivity contribution in [1.29, 1.82) is 0 Å². The van der Waals surface area contributed by atoms with Gasteiger partial charge < -0.3 is 10.1 Å². The number of carbonyl (C=O) groups is 1. The lowest BCUT2D eigenvalue weighted by Gasteiger charge is -2.02. The molecule has 0 aliphatic rings. The van der Waals surface area contributed by atoms with Crippen molar-refractivity contribution in [1.82, 2.24) is 5.32 Å². The third-order valence-corrected chi connectivity index (χ3v) is 1.66. The van der Waals surface area contributed by atoms with Gasteiger partial charge in [-0.05, 0) is 19.4 Å². The number of methoxy groups -OCH3 is 1. The third kappa shape index (κ3) is 8.90. The Balaban J connectivity index is 3.00. The number of terminal acetylenes is 1. The molecule has 0 aliphatic heterocycles. The van der Waals surface area contributed by atoms with Crippen LogP contribution in [0.3, 0.4) is 0 Å². The average Bonchev–Trinajstić information content (AvgIpc) is 2.16. The van der Waals surface area contributed by atoms with Crippen molar-refractivity contribution in [2.45, 2.75) is 25.7 Å². The highest BCUT2D eigenvalue weighted by molar-refractivity contribution is 5.69. The molecule has 0 rings (SSSR count). The number of unbranched alkanes of at least 4 members (excludes halogenated alkanes) is 2. The van der Waals surface area contributed by atoms with Crippen LogP contribution in [-0.2, 0) is 9.53 Å². The molecule has 0 spiro atoms. The Morgan fingerprint density at radius 2 is 2.23 bits per heavy atom. The zero-order valence-electron chi connectivity index (χ0n) is 8.14. The Morgan fingerprint density at radius 3 is 2.85 bits per heavy atom. The second-order valence-electron chi connectivity index (χ2n) is 2.74. The molecule has 1 N–H and O–H groups in total. The van der Waals surface area contributed by atoms with Crippen molar-refractivity contribution in [3.05, 3.63) is 0 Å². The van der Waals surface area contributed by atoms with E-state index in [1.165, 1.54) is 7.11 Å². The fourth-order valence-electron chi connectivity index (χ4n) is 0.895. The topological polar surface area (TPSA) is 38.3 Å². The normalized spacial score (nSPS) is 9.23. The van der Waals surface area contributed by atoms with E-state index in [1.807, 2.05) is 0 Å². The number of hydrogen-bond acceptors (Lipinski definition) is 3. The van der Waals surface area contributed by atoms with Gasteiger partial charge in [0.05, 0.1) is 13.5 Å². The Kier molecular flexibility index (Phi) is 8.38. The summed E-state index contributed by atoms with van der Waals surface area (Å²) in [5, 5.41) is 3.14. The van der Waals surface area contributed by atoms with Crippen LogP contribution in [0.1, 0.15) is 25.7 Å². The van der Waals surface area contributed by atoms with Crippen LogP contribution in [0.15, 0.2) is 0 Å². The lowest BCUT2D eigenvalue weighted by molar-refractivity contribution is -0.140. The van der Waals surface area contributed by atoms with Gasteiger partial charge in [0.2, 0.25) is 0 Å². The highest BCUT2D eigenvalue weighted by Crippen LogP contribution is 1.91. The van der Waals surface area contributed by atoms with E-state index < -0.39 is 0 Å². The van der Waals surface area contributed by atoms with Crippen LogP contribution < -0.4 is 5.32 Å². The largest absolute Gasteiger partial charge is 0.469 e. The zero-order valence-corrected chi connectivity index (χ0v) is 8.14. The van der Waals surface area contributed by atoms with Gasteiger partial charge in [0.25, 0.3) is 0 Å². The minimum atomic E-state index is -0.170. The van der Waals surface area contributed by atoms with Gasteiger partial charge in [0.1, 0.15) is 0 Å². The summed E-state index contributed by atoms with van der Waals surface area (Å²) in [6, 6.07) is 0. The van der Waals surface area contributed by atoms with Crippen molar-refractivity contribution in [2.75, 3.05) is 20.2 Å². The monoisotopic (exact) mass is 183 g/mol. The molecule has 0 fully saturated rings. The van der Waals surface area contributed by atoms with Crippen LogP contribution in [-0.4, -0.2) is 26.2 Å². The van der Waals surface area contributed by atoms with Gasteiger partial charge in [-0.3, -0.25) is 4.79 Å². The second-order valence-corrected chi connectivity index (χ2v) is 2.74. The highest BCUT2D eigenvalue weighted by atomic mass is 16.5. The first-order valence-electron chi connectivity index (χ1n) is 4.52. The maximum Gasteiger partial charge on any atom is 0.306 e. The molecule has 0 saturated heterocycles. The van der Waals surface area contributed by atoms with E-state index in [2.05, 4.69) is 16.0 Å². The standard InChI is InChI=1S/C10H17NO2/c1-3-4-5-6-8-11-9-7-10(12)13-2/h1,11H,4-9H2,2H3. The van der Waals surface area contributed by atoms with E-state index in [0.717, 1.165) is 25.8 Å². The molecule has 0 saturated carbocycles. The summed E-state index contributed by atoms with van der Waals surface area (Å²) < 4.78 is 4.49. The molecule has 0 aromatic carbocycles. The first-order chi connectivity index (χ1) is 6.31. The lowest BCUT2D eigenvalue weighted by Crippen LogP contribution is -2.19. The Morgan fingerprint density at radius 1 is 1.46 bits per heavy atom. The molecule has 3 nitrogen and oxygen atoms in total. The van der Waals surface area contributed by atoms with Crippen LogP contribution >= 0.6 is 0 Å². The van der Waals surface area contributed by atoms with Crippen molar-refractivity contribution < 1.29 is 9.53 Å². The van der Waals surface area contributed by atoms with Gasteiger partial charge in [-0.25, -0.2) is 0 Å². The number of carbonyl (C=O) groups excluding carboxylic acids is 1. The molecule has 0 unspecified atom stereocenters. The summed E-state index contributed by atoms with van der Waals surface area (Å²) in [4.78, 5) is 10.7. The van der Waals surface area contributed by atoms with Gasteiger partial charge in [0.15, 0.2) is 0 Å². The minimum Gasteiger partial charge on any atom is -0.469 e. The molecule has 0 aromatic heterocycles. The quantitative estimate of drug-likeness (QED) is 0.363. The highest BCUT2D eigenvalue weighted by Gasteiger charge is 1.97. The number of hydrogen-bond donors (Lipinski definition) is 1. The Hall–Kier alpha value is -1.01. The summed E-state index contributed by atoms with van der Waals surface area (Å²) in [6.07, 6.45) is 8.47. The molecule has 0 heterocycles. The van der Waals surface area contributed by atoms with E-state index in [1.54, 1.807) is 0 Å². The molecule has 0 radical (unpaired) electrons. The summed E-state index contributed by atoms with van der Waals surface area (Å²) in [5.41, 5.74) is 0. The van der Waals surface area contributed by atoms with Crippen LogP contribution in [0.25, 0.3) is 0 Å². The van der Waals surface area contributed by atoms with E-state index in [4.69, 9.17) is 6.42 Å². The van der Waals surface area contributed by atoms with Crippen molar-refractivity contribution >= 4 is 5.97 Å². The molecule has 0 amide bonds. The van der Waals surface area contributed by atoms with Gasteiger partial charge >= 0.3 is 5.97 Å². The van der Waals surface area contributed by atoms with Gasteiger partial charge in [-0.2, -0.15) is 0 Å².